The molecule has 0 saturated carbocycles. The van der Waals surface area contributed by atoms with E-state index in [4.69, 9.17) is 0 Å². The fourth-order valence-electron chi connectivity index (χ4n) is 1.86. The molecule has 1 aromatic carbocycles. The van der Waals surface area contributed by atoms with Gasteiger partial charge in [-0.25, -0.2) is 0 Å². The Morgan fingerprint density at radius 1 is 0.875 bits per heavy atom. The molecule has 78 valence electrons. The molecule has 0 bridgehead atoms. The number of para-hydroxylation sites is 1. The second-order valence-electron chi connectivity index (χ2n) is 3.61. The van der Waals surface area contributed by atoms with Gasteiger partial charge in [0.05, 0.1) is 16.3 Å². The second kappa shape index (κ2) is 3.06. The Morgan fingerprint density at radius 3 is 2.50 bits per heavy atom. The van der Waals surface area contributed by atoms with Crippen LogP contribution in [0.15, 0.2) is 46.2 Å². The van der Waals surface area contributed by atoms with Gasteiger partial charge < -0.3 is 9.97 Å². The largest absolute Gasteiger partial charge is 0.366 e. The summed E-state index contributed by atoms with van der Waals surface area (Å²) in [6, 6.07) is 7.00. The molecule has 0 radical (unpaired) electrons. The molecule has 2 N–H and O–H groups in total. The predicted molar refractivity (Wildman–Crippen MR) is 62.7 cm³/mol. The van der Waals surface area contributed by atoms with Crippen LogP contribution in [0.5, 0.6) is 0 Å². The molecule has 3 aromatic rings. The first-order chi connectivity index (χ1) is 7.77. The number of aromatic nitrogens is 2. The highest BCUT2D eigenvalue weighted by atomic mass is 16.1. The highest BCUT2D eigenvalue weighted by Crippen LogP contribution is 2.08. The van der Waals surface area contributed by atoms with Crippen LogP contribution in [0.4, 0.5) is 0 Å². The van der Waals surface area contributed by atoms with Crippen molar-refractivity contribution in [1.82, 2.24) is 9.97 Å². The smallest absolute Gasteiger partial charge is 0.257 e. The Morgan fingerprint density at radius 2 is 1.62 bits per heavy atom. The number of benzene rings is 1. The first kappa shape index (κ1) is 8.91. The van der Waals surface area contributed by atoms with Crippen molar-refractivity contribution in [2.45, 2.75) is 0 Å². The Balaban J connectivity index is 2.80. The van der Waals surface area contributed by atoms with Crippen molar-refractivity contribution in [1.29, 1.82) is 0 Å². The molecule has 0 spiro atoms. The van der Waals surface area contributed by atoms with E-state index in [0.29, 0.717) is 21.7 Å². The summed E-state index contributed by atoms with van der Waals surface area (Å²) in [4.78, 5) is 29.4. The minimum Gasteiger partial charge on any atom is -0.366 e. The van der Waals surface area contributed by atoms with E-state index in [9.17, 15) is 9.59 Å². The highest BCUT2D eigenvalue weighted by molar-refractivity contribution is 5.90. The summed E-state index contributed by atoms with van der Waals surface area (Å²) in [6.45, 7) is 0. The first-order valence-corrected chi connectivity index (χ1v) is 4.89. The van der Waals surface area contributed by atoms with Gasteiger partial charge in [0.25, 0.3) is 5.56 Å². The third kappa shape index (κ3) is 1.10. The van der Waals surface area contributed by atoms with E-state index in [-0.39, 0.29) is 11.0 Å². The van der Waals surface area contributed by atoms with E-state index in [0.717, 1.165) is 0 Å². The van der Waals surface area contributed by atoms with Gasteiger partial charge in [0.1, 0.15) is 0 Å². The molecular weight excluding hydrogens is 204 g/mol. The van der Waals surface area contributed by atoms with Crippen molar-refractivity contribution in [2.75, 3.05) is 0 Å². The molecule has 0 aliphatic carbocycles. The van der Waals surface area contributed by atoms with Gasteiger partial charge in [-0.15, -0.1) is 0 Å². The van der Waals surface area contributed by atoms with E-state index in [2.05, 4.69) is 9.97 Å². The number of hydrogen-bond acceptors (Lipinski definition) is 2. The van der Waals surface area contributed by atoms with Crippen LogP contribution in [0.25, 0.3) is 21.7 Å². The molecule has 4 nitrogen and oxygen atoms in total. The van der Waals surface area contributed by atoms with Gasteiger partial charge in [0.2, 0.25) is 0 Å². The van der Waals surface area contributed by atoms with Crippen molar-refractivity contribution < 1.29 is 0 Å². The molecule has 3 rings (SSSR count). The standard InChI is InChI=1S/C12H8N2O2/c15-11-7-3-1-2-4-10(7)14-12(16)9-6-13-5-8(9)11/h1-6,13H,(H,14,16). The summed E-state index contributed by atoms with van der Waals surface area (Å²) in [6.07, 6.45) is 3.09. The lowest BCUT2D eigenvalue weighted by Gasteiger charge is -1.88. The third-order valence-corrected chi connectivity index (χ3v) is 2.65. The molecule has 4 heteroatoms. The molecule has 2 aromatic heterocycles. The van der Waals surface area contributed by atoms with E-state index in [1.54, 1.807) is 30.5 Å². The van der Waals surface area contributed by atoms with E-state index >= 15 is 0 Å². The van der Waals surface area contributed by atoms with E-state index in [1.807, 2.05) is 0 Å². The van der Waals surface area contributed by atoms with Crippen molar-refractivity contribution >= 4 is 21.7 Å². The van der Waals surface area contributed by atoms with Crippen molar-refractivity contribution in [2.24, 2.45) is 0 Å². The van der Waals surface area contributed by atoms with Gasteiger partial charge in [0, 0.05) is 17.8 Å². The van der Waals surface area contributed by atoms with Gasteiger partial charge >= 0.3 is 0 Å². The molecule has 0 aliphatic rings. The fourth-order valence-corrected chi connectivity index (χ4v) is 1.86. The Hall–Kier alpha value is -2.36. The van der Waals surface area contributed by atoms with Crippen LogP contribution < -0.4 is 11.0 Å². The molecule has 0 aliphatic heterocycles. The summed E-state index contributed by atoms with van der Waals surface area (Å²) in [5.74, 6) is 0. The minimum absolute atomic E-state index is 0.134. The minimum atomic E-state index is -0.255. The number of fused-ring (bicyclic) bond motifs is 2. The van der Waals surface area contributed by atoms with Gasteiger partial charge in [0.15, 0.2) is 5.43 Å². The third-order valence-electron chi connectivity index (χ3n) is 2.65. The lowest BCUT2D eigenvalue weighted by atomic mass is 10.2. The van der Waals surface area contributed by atoms with Crippen LogP contribution >= 0.6 is 0 Å². The van der Waals surface area contributed by atoms with Gasteiger partial charge in [-0.1, -0.05) is 12.1 Å². The average molecular weight is 212 g/mol. The van der Waals surface area contributed by atoms with E-state index < -0.39 is 0 Å². The van der Waals surface area contributed by atoms with Crippen LogP contribution in [0, 0.1) is 0 Å². The fraction of sp³-hybridized carbons (Fsp3) is 0. The Kier molecular flexibility index (Phi) is 1.71. The quantitative estimate of drug-likeness (QED) is 0.591. The van der Waals surface area contributed by atoms with Crippen molar-refractivity contribution in [3.05, 3.63) is 57.2 Å². The van der Waals surface area contributed by atoms with E-state index in [1.165, 1.54) is 6.20 Å². The summed E-state index contributed by atoms with van der Waals surface area (Å²) in [5.41, 5.74) is 0.174. The van der Waals surface area contributed by atoms with Crippen LogP contribution in [0.2, 0.25) is 0 Å². The molecule has 0 amide bonds. The number of hydrogen-bond donors (Lipinski definition) is 2. The van der Waals surface area contributed by atoms with Gasteiger partial charge in [-0.2, -0.15) is 0 Å². The number of rotatable bonds is 0. The van der Waals surface area contributed by atoms with Crippen LogP contribution in [-0.2, 0) is 0 Å². The molecule has 0 saturated heterocycles. The van der Waals surface area contributed by atoms with Gasteiger partial charge in [-0.3, -0.25) is 9.59 Å². The topological polar surface area (TPSA) is 65.7 Å². The zero-order valence-corrected chi connectivity index (χ0v) is 8.28. The molecule has 0 fully saturated rings. The summed E-state index contributed by atoms with van der Waals surface area (Å²) < 4.78 is 0. The maximum absolute atomic E-state index is 12.1. The lowest BCUT2D eigenvalue weighted by molar-refractivity contribution is 1.35. The molecule has 16 heavy (non-hydrogen) atoms. The predicted octanol–water partition coefficient (Wildman–Crippen LogP) is 1.37. The first-order valence-electron chi connectivity index (χ1n) is 4.89. The molecular formula is C12H8N2O2. The Labute approximate surface area is 89.6 Å². The normalized spacial score (nSPS) is 11.0. The monoisotopic (exact) mass is 212 g/mol. The summed E-state index contributed by atoms with van der Waals surface area (Å²) >= 11 is 0. The van der Waals surface area contributed by atoms with Crippen LogP contribution in [0.3, 0.4) is 0 Å². The molecule has 0 atom stereocenters. The zero-order chi connectivity index (χ0) is 11.1. The molecule has 2 heterocycles. The maximum Gasteiger partial charge on any atom is 0.257 e. The lowest BCUT2D eigenvalue weighted by Crippen LogP contribution is -2.00. The Bertz CT molecular complexity index is 799. The highest BCUT2D eigenvalue weighted by Gasteiger charge is 2.05. The number of H-pyrrole nitrogens is 2. The average Bonchev–Trinajstić information content (AvgIpc) is 2.74. The zero-order valence-electron chi connectivity index (χ0n) is 8.28. The number of aromatic amines is 2. The second-order valence-corrected chi connectivity index (χ2v) is 3.61. The summed E-state index contributed by atoms with van der Waals surface area (Å²) in [5, 5.41) is 1.33. The van der Waals surface area contributed by atoms with Crippen molar-refractivity contribution in [3.8, 4) is 0 Å². The van der Waals surface area contributed by atoms with Crippen LogP contribution in [-0.4, -0.2) is 9.97 Å². The van der Waals surface area contributed by atoms with Crippen molar-refractivity contribution in [3.63, 3.8) is 0 Å². The maximum atomic E-state index is 12.1. The molecule has 0 unspecified atom stereocenters. The summed E-state index contributed by atoms with van der Waals surface area (Å²) in [7, 11) is 0. The van der Waals surface area contributed by atoms with Crippen LogP contribution in [0.1, 0.15) is 0 Å². The SMILES string of the molecule is O=c1[nH]c2ccccc2c(=O)c2c[nH]cc12. The van der Waals surface area contributed by atoms with Gasteiger partial charge in [-0.05, 0) is 12.1 Å². The number of nitrogens with one attached hydrogen (secondary N) is 2.